The van der Waals surface area contributed by atoms with Gasteiger partial charge in [0.25, 0.3) is 0 Å². The molecule has 0 unspecified atom stereocenters. The van der Waals surface area contributed by atoms with Gasteiger partial charge in [0.1, 0.15) is 23.0 Å². The molecule has 0 aliphatic heterocycles. The van der Waals surface area contributed by atoms with E-state index in [-0.39, 0.29) is 0 Å². The second-order valence-electron chi connectivity index (χ2n) is 4.93. The average molecular weight is 293 g/mol. The Morgan fingerprint density at radius 1 is 1.19 bits per heavy atom. The highest BCUT2D eigenvalue weighted by Crippen LogP contribution is 2.41. The monoisotopic (exact) mass is 293 g/mol. The fraction of sp³-hybridized carbons (Fsp3) is 0.188. The van der Waals surface area contributed by atoms with Crippen molar-refractivity contribution < 1.29 is 4.74 Å². The molecule has 0 N–H and O–H groups in total. The smallest absolute Gasteiger partial charge is 0.231 e. The topological polar surface area (TPSA) is 58.8 Å². The van der Waals surface area contributed by atoms with Crippen LogP contribution in [0.1, 0.15) is 22.4 Å². The number of aryl methyl sites for hydroxylation is 2. The predicted molar refractivity (Wildman–Crippen MR) is 80.7 cm³/mol. The molecule has 4 nitrogen and oxygen atoms in total. The summed E-state index contributed by atoms with van der Waals surface area (Å²) >= 11 is 1.72. The minimum atomic E-state index is 0.510. The van der Waals surface area contributed by atoms with Crippen molar-refractivity contribution >= 4 is 21.6 Å². The maximum absolute atomic E-state index is 9.16. The molecule has 0 bridgehead atoms. The van der Waals surface area contributed by atoms with Crippen LogP contribution >= 0.6 is 11.3 Å². The third-order valence-electron chi connectivity index (χ3n) is 3.68. The van der Waals surface area contributed by atoms with Crippen molar-refractivity contribution in [1.82, 2.24) is 9.97 Å². The number of fused-ring (bicyclic) bond motifs is 3. The molecule has 102 valence electrons. The summed E-state index contributed by atoms with van der Waals surface area (Å²) in [5.41, 5.74) is 1.83. The molecule has 21 heavy (non-hydrogen) atoms. The van der Waals surface area contributed by atoms with Gasteiger partial charge in [-0.25, -0.2) is 9.97 Å². The van der Waals surface area contributed by atoms with E-state index in [1.165, 1.54) is 23.2 Å². The van der Waals surface area contributed by atoms with Crippen LogP contribution in [0.25, 0.3) is 10.2 Å². The molecule has 1 aliphatic carbocycles. The number of para-hydroxylation sites is 1. The van der Waals surface area contributed by atoms with E-state index in [4.69, 9.17) is 10.00 Å². The van der Waals surface area contributed by atoms with Crippen molar-refractivity contribution in [2.24, 2.45) is 0 Å². The van der Waals surface area contributed by atoms with Crippen LogP contribution in [0, 0.1) is 11.3 Å². The lowest BCUT2D eigenvalue weighted by Gasteiger charge is -2.07. The molecule has 0 radical (unpaired) electrons. The Kier molecular flexibility index (Phi) is 2.83. The number of aromatic nitrogens is 2. The Morgan fingerprint density at radius 2 is 2.10 bits per heavy atom. The molecule has 0 saturated heterocycles. The van der Waals surface area contributed by atoms with Gasteiger partial charge in [-0.15, -0.1) is 11.3 Å². The fourth-order valence-corrected chi connectivity index (χ4v) is 3.95. The number of thiophene rings is 1. The van der Waals surface area contributed by atoms with Crippen LogP contribution < -0.4 is 4.74 Å². The number of hydrogen-bond donors (Lipinski definition) is 0. The van der Waals surface area contributed by atoms with Gasteiger partial charge in [-0.2, -0.15) is 5.26 Å². The van der Waals surface area contributed by atoms with Crippen molar-refractivity contribution in [3.63, 3.8) is 0 Å². The van der Waals surface area contributed by atoms with Crippen LogP contribution in [0.2, 0.25) is 0 Å². The van der Waals surface area contributed by atoms with Gasteiger partial charge < -0.3 is 4.74 Å². The first-order valence-corrected chi connectivity index (χ1v) is 7.60. The lowest BCUT2D eigenvalue weighted by atomic mass is 10.2. The largest absolute Gasteiger partial charge is 0.437 e. The highest BCUT2D eigenvalue weighted by Gasteiger charge is 2.22. The maximum atomic E-state index is 9.16. The Morgan fingerprint density at radius 3 is 3.00 bits per heavy atom. The van der Waals surface area contributed by atoms with Crippen LogP contribution in [0.4, 0.5) is 0 Å². The molecule has 1 aromatic carbocycles. The number of hydrogen-bond acceptors (Lipinski definition) is 5. The third-order valence-corrected chi connectivity index (χ3v) is 4.88. The summed E-state index contributed by atoms with van der Waals surface area (Å²) in [6.45, 7) is 0. The molecular weight excluding hydrogens is 282 g/mol. The van der Waals surface area contributed by atoms with Crippen molar-refractivity contribution in [2.45, 2.75) is 19.3 Å². The van der Waals surface area contributed by atoms with E-state index in [2.05, 4.69) is 16.0 Å². The molecule has 4 rings (SSSR count). The van der Waals surface area contributed by atoms with Crippen LogP contribution in [0.15, 0.2) is 30.6 Å². The molecule has 0 fully saturated rings. The first kappa shape index (κ1) is 12.3. The van der Waals surface area contributed by atoms with Gasteiger partial charge in [0, 0.05) is 4.88 Å². The Labute approximate surface area is 125 Å². The molecule has 5 heteroatoms. The molecular formula is C16H11N3OS. The Bertz CT molecular complexity index is 879. The zero-order valence-corrected chi connectivity index (χ0v) is 12.0. The first-order valence-electron chi connectivity index (χ1n) is 6.79. The van der Waals surface area contributed by atoms with E-state index in [9.17, 15) is 0 Å². The summed E-state index contributed by atoms with van der Waals surface area (Å²) in [6, 6.07) is 9.35. The highest BCUT2D eigenvalue weighted by molar-refractivity contribution is 7.18. The molecule has 0 spiro atoms. The average Bonchev–Trinajstić information content (AvgIpc) is 3.08. The third kappa shape index (κ3) is 1.96. The highest BCUT2D eigenvalue weighted by atomic mass is 32.1. The van der Waals surface area contributed by atoms with Gasteiger partial charge in [0.2, 0.25) is 5.88 Å². The van der Waals surface area contributed by atoms with Crippen LogP contribution in [-0.4, -0.2) is 9.97 Å². The van der Waals surface area contributed by atoms with Crippen LogP contribution in [0.5, 0.6) is 11.6 Å². The van der Waals surface area contributed by atoms with Gasteiger partial charge in [-0.1, -0.05) is 12.1 Å². The summed E-state index contributed by atoms with van der Waals surface area (Å²) in [5, 5.41) is 10.2. The first-order chi connectivity index (χ1) is 10.4. The van der Waals surface area contributed by atoms with E-state index < -0.39 is 0 Å². The summed E-state index contributed by atoms with van der Waals surface area (Å²) in [6.07, 6.45) is 4.88. The number of ether oxygens (including phenoxy) is 1. The molecule has 2 heterocycles. The molecule has 0 amide bonds. The SMILES string of the molecule is N#Cc1ccccc1Oc1ncnc2sc3c(c12)CCC3. The lowest BCUT2D eigenvalue weighted by molar-refractivity contribution is 0.466. The van der Waals surface area contributed by atoms with E-state index in [0.29, 0.717) is 17.2 Å². The standard InChI is InChI=1S/C16H11N3OS/c17-8-10-4-1-2-6-12(10)20-15-14-11-5-3-7-13(11)21-16(14)19-9-18-15/h1-2,4,6,9H,3,5,7H2. The van der Waals surface area contributed by atoms with Gasteiger partial charge >= 0.3 is 0 Å². The lowest BCUT2D eigenvalue weighted by Crippen LogP contribution is -1.93. The molecule has 0 saturated carbocycles. The van der Waals surface area contributed by atoms with Gasteiger partial charge in [0.05, 0.1) is 10.9 Å². The van der Waals surface area contributed by atoms with E-state index >= 15 is 0 Å². The zero-order chi connectivity index (χ0) is 14.2. The summed E-state index contributed by atoms with van der Waals surface area (Å²) < 4.78 is 5.93. The minimum Gasteiger partial charge on any atom is -0.437 e. The zero-order valence-electron chi connectivity index (χ0n) is 11.2. The second kappa shape index (κ2) is 4.83. The predicted octanol–water partition coefficient (Wildman–Crippen LogP) is 3.84. The summed E-state index contributed by atoms with van der Waals surface area (Å²) in [5.74, 6) is 1.10. The quantitative estimate of drug-likeness (QED) is 0.720. The normalized spacial score (nSPS) is 13.1. The Balaban J connectivity index is 1.86. The second-order valence-corrected chi connectivity index (χ2v) is 6.01. The van der Waals surface area contributed by atoms with E-state index in [1.807, 2.05) is 12.1 Å². The minimum absolute atomic E-state index is 0.510. The van der Waals surface area contributed by atoms with Crippen molar-refractivity contribution in [1.29, 1.82) is 5.26 Å². The number of nitrogens with zero attached hydrogens (tertiary/aromatic N) is 3. The van der Waals surface area contributed by atoms with Gasteiger partial charge in [-0.05, 0) is 37.0 Å². The van der Waals surface area contributed by atoms with E-state index in [1.54, 1.807) is 23.5 Å². The van der Waals surface area contributed by atoms with E-state index in [0.717, 1.165) is 23.1 Å². The van der Waals surface area contributed by atoms with Crippen molar-refractivity contribution in [2.75, 3.05) is 0 Å². The van der Waals surface area contributed by atoms with Crippen molar-refractivity contribution in [3.8, 4) is 17.7 Å². The molecule has 0 atom stereocenters. The van der Waals surface area contributed by atoms with Gasteiger partial charge in [0.15, 0.2) is 0 Å². The number of nitriles is 1. The van der Waals surface area contributed by atoms with Crippen LogP contribution in [0.3, 0.4) is 0 Å². The summed E-state index contributed by atoms with van der Waals surface area (Å²) in [4.78, 5) is 11.0. The molecule has 2 aromatic heterocycles. The molecule has 3 aromatic rings. The van der Waals surface area contributed by atoms with Crippen molar-refractivity contribution in [3.05, 3.63) is 46.6 Å². The molecule has 1 aliphatic rings. The number of benzene rings is 1. The van der Waals surface area contributed by atoms with Crippen LogP contribution in [-0.2, 0) is 12.8 Å². The number of rotatable bonds is 2. The van der Waals surface area contributed by atoms with Gasteiger partial charge in [-0.3, -0.25) is 0 Å². The maximum Gasteiger partial charge on any atom is 0.231 e. The Hall–Kier alpha value is -2.45. The summed E-state index contributed by atoms with van der Waals surface area (Å²) in [7, 11) is 0. The fourth-order valence-electron chi connectivity index (χ4n) is 2.73.